The largest absolute Gasteiger partial charge is 0.344 e. The lowest BCUT2D eigenvalue weighted by Gasteiger charge is -2.20. The summed E-state index contributed by atoms with van der Waals surface area (Å²) >= 11 is 6.00. The highest BCUT2D eigenvalue weighted by Crippen LogP contribution is 2.32. The summed E-state index contributed by atoms with van der Waals surface area (Å²) in [5.74, 6) is 1.37. The maximum absolute atomic E-state index is 12.1. The van der Waals surface area contributed by atoms with Crippen LogP contribution in [0.15, 0.2) is 28.8 Å². The lowest BCUT2D eigenvalue weighted by Crippen LogP contribution is -2.33. The molecule has 0 saturated heterocycles. The molecule has 0 unspecified atom stereocenters. The van der Waals surface area contributed by atoms with Crippen molar-refractivity contribution in [2.45, 2.75) is 39.2 Å². The summed E-state index contributed by atoms with van der Waals surface area (Å²) in [4.78, 5) is 16.6. The lowest BCUT2D eigenvalue weighted by molar-refractivity contribution is -0.123. The number of halogens is 1. The second kappa shape index (κ2) is 6.71. The minimum absolute atomic E-state index is 0.0813. The first kappa shape index (κ1) is 16.0. The van der Waals surface area contributed by atoms with Gasteiger partial charge in [0.05, 0.1) is 0 Å². The van der Waals surface area contributed by atoms with Crippen molar-refractivity contribution in [3.05, 3.63) is 35.2 Å². The van der Waals surface area contributed by atoms with E-state index in [4.69, 9.17) is 16.1 Å². The van der Waals surface area contributed by atoms with Crippen molar-refractivity contribution in [1.29, 1.82) is 0 Å². The molecule has 0 bridgehead atoms. The Balaban J connectivity index is 1.83. The van der Waals surface area contributed by atoms with Crippen molar-refractivity contribution in [2.24, 2.45) is 11.8 Å². The Bertz CT molecular complexity index is 697. The second-order valence-corrected chi connectivity index (χ2v) is 6.55. The SMILES string of the molecule is CC[C@@H](C)[C@@H](NC(=O)C1CC1)c1nc(-c2cccc(Cl)c2)no1. The van der Waals surface area contributed by atoms with E-state index in [1.165, 1.54) is 0 Å². The molecule has 0 aliphatic heterocycles. The minimum Gasteiger partial charge on any atom is -0.344 e. The predicted octanol–water partition coefficient (Wildman–Crippen LogP) is 4.00. The van der Waals surface area contributed by atoms with E-state index in [1.807, 2.05) is 12.1 Å². The third-order valence-corrected chi connectivity index (χ3v) is 4.48. The van der Waals surface area contributed by atoms with Gasteiger partial charge in [0.1, 0.15) is 6.04 Å². The molecule has 2 aromatic rings. The molecule has 5 nitrogen and oxygen atoms in total. The zero-order valence-corrected chi connectivity index (χ0v) is 14.0. The van der Waals surface area contributed by atoms with E-state index in [2.05, 4.69) is 29.3 Å². The van der Waals surface area contributed by atoms with Gasteiger partial charge in [0, 0.05) is 16.5 Å². The second-order valence-electron chi connectivity index (χ2n) is 6.11. The van der Waals surface area contributed by atoms with Crippen LogP contribution in [0.3, 0.4) is 0 Å². The van der Waals surface area contributed by atoms with Crippen LogP contribution in [0, 0.1) is 11.8 Å². The van der Waals surface area contributed by atoms with E-state index < -0.39 is 0 Å². The molecule has 2 atom stereocenters. The summed E-state index contributed by atoms with van der Waals surface area (Å²) in [6, 6.07) is 7.05. The van der Waals surface area contributed by atoms with E-state index in [-0.39, 0.29) is 23.8 Å². The molecular weight excluding hydrogens is 314 g/mol. The highest BCUT2D eigenvalue weighted by Gasteiger charge is 2.34. The molecule has 1 aromatic carbocycles. The van der Waals surface area contributed by atoms with Gasteiger partial charge in [-0.3, -0.25) is 4.79 Å². The first-order valence-electron chi connectivity index (χ1n) is 7.98. The molecular formula is C17H20ClN3O2. The van der Waals surface area contributed by atoms with Gasteiger partial charge in [-0.05, 0) is 30.9 Å². The summed E-state index contributed by atoms with van der Waals surface area (Å²) < 4.78 is 5.43. The third kappa shape index (κ3) is 3.72. The zero-order chi connectivity index (χ0) is 16.4. The first-order valence-corrected chi connectivity index (χ1v) is 8.36. The van der Waals surface area contributed by atoms with E-state index >= 15 is 0 Å². The van der Waals surface area contributed by atoms with E-state index in [9.17, 15) is 4.79 Å². The zero-order valence-electron chi connectivity index (χ0n) is 13.3. The fourth-order valence-corrected chi connectivity index (χ4v) is 2.60. The Morgan fingerprint density at radius 3 is 2.91 bits per heavy atom. The van der Waals surface area contributed by atoms with Gasteiger partial charge < -0.3 is 9.84 Å². The Morgan fingerprint density at radius 1 is 1.48 bits per heavy atom. The van der Waals surface area contributed by atoms with E-state index in [0.29, 0.717) is 16.7 Å². The van der Waals surface area contributed by atoms with E-state index in [0.717, 1.165) is 24.8 Å². The molecule has 1 aliphatic rings. The summed E-state index contributed by atoms with van der Waals surface area (Å²) in [5.41, 5.74) is 0.795. The number of benzene rings is 1. The number of aromatic nitrogens is 2. The molecule has 1 aromatic heterocycles. The van der Waals surface area contributed by atoms with Gasteiger partial charge in [-0.1, -0.05) is 49.2 Å². The number of nitrogens with one attached hydrogen (secondary N) is 1. The number of nitrogens with zero attached hydrogens (tertiary/aromatic N) is 2. The summed E-state index contributed by atoms with van der Waals surface area (Å²) in [6.07, 6.45) is 2.85. The Labute approximate surface area is 140 Å². The van der Waals surface area contributed by atoms with Gasteiger partial charge in [-0.25, -0.2) is 0 Å². The van der Waals surface area contributed by atoms with E-state index in [1.54, 1.807) is 12.1 Å². The fourth-order valence-electron chi connectivity index (χ4n) is 2.41. The topological polar surface area (TPSA) is 68.0 Å². The van der Waals surface area contributed by atoms with Crippen LogP contribution in [0.5, 0.6) is 0 Å². The number of carbonyl (C=O) groups excluding carboxylic acids is 1. The maximum Gasteiger partial charge on any atom is 0.249 e. The van der Waals surface area contributed by atoms with Crippen molar-refractivity contribution in [3.63, 3.8) is 0 Å². The predicted molar refractivity (Wildman–Crippen MR) is 87.8 cm³/mol. The average Bonchev–Trinajstić information content (AvgIpc) is 3.29. The number of rotatable bonds is 6. The normalized spacial score (nSPS) is 16.8. The van der Waals surface area contributed by atoms with Gasteiger partial charge in [0.2, 0.25) is 17.6 Å². The van der Waals surface area contributed by atoms with Crippen LogP contribution in [0.2, 0.25) is 5.02 Å². The minimum atomic E-state index is -0.256. The average molecular weight is 334 g/mol. The van der Waals surface area contributed by atoms with Crippen molar-refractivity contribution in [3.8, 4) is 11.4 Å². The number of amides is 1. The van der Waals surface area contributed by atoms with Gasteiger partial charge in [0.25, 0.3) is 0 Å². The summed E-state index contributed by atoms with van der Waals surface area (Å²) in [6.45, 7) is 4.15. The fraction of sp³-hybridized carbons (Fsp3) is 0.471. The van der Waals surface area contributed by atoms with Crippen LogP contribution in [0.1, 0.15) is 45.0 Å². The monoisotopic (exact) mass is 333 g/mol. The molecule has 0 spiro atoms. The highest BCUT2D eigenvalue weighted by molar-refractivity contribution is 6.30. The van der Waals surface area contributed by atoms with Crippen LogP contribution in [0.25, 0.3) is 11.4 Å². The van der Waals surface area contributed by atoms with Gasteiger partial charge in [-0.2, -0.15) is 4.98 Å². The van der Waals surface area contributed by atoms with Crippen LogP contribution < -0.4 is 5.32 Å². The van der Waals surface area contributed by atoms with Gasteiger partial charge in [-0.15, -0.1) is 0 Å². The smallest absolute Gasteiger partial charge is 0.249 e. The highest BCUT2D eigenvalue weighted by atomic mass is 35.5. The molecule has 1 heterocycles. The Hall–Kier alpha value is -1.88. The molecule has 1 fully saturated rings. The molecule has 6 heteroatoms. The summed E-state index contributed by atoms with van der Waals surface area (Å²) in [5, 5.41) is 7.72. The quantitative estimate of drug-likeness (QED) is 0.867. The van der Waals surface area contributed by atoms with Crippen molar-refractivity contribution in [2.75, 3.05) is 0 Å². The summed E-state index contributed by atoms with van der Waals surface area (Å²) in [7, 11) is 0. The molecule has 23 heavy (non-hydrogen) atoms. The first-order chi connectivity index (χ1) is 11.1. The third-order valence-electron chi connectivity index (χ3n) is 4.25. The number of hydrogen-bond donors (Lipinski definition) is 1. The molecule has 1 saturated carbocycles. The molecule has 1 aliphatic carbocycles. The molecule has 122 valence electrons. The number of carbonyl (C=O) groups is 1. The number of hydrogen-bond acceptors (Lipinski definition) is 4. The van der Waals surface area contributed by atoms with Crippen LogP contribution in [0.4, 0.5) is 0 Å². The van der Waals surface area contributed by atoms with Crippen LogP contribution in [-0.4, -0.2) is 16.0 Å². The molecule has 1 amide bonds. The lowest BCUT2D eigenvalue weighted by atomic mass is 9.99. The van der Waals surface area contributed by atoms with Crippen molar-refractivity contribution >= 4 is 17.5 Å². The van der Waals surface area contributed by atoms with Crippen LogP contribution in [-0.2, 0) is 4.79 Å². The molecule has 0 radical (unpaired) electrons. The molecule has 1 N–H and O–H groups in total. The van der Waals surface area contributed by atoms with Crippen molar-refractivity contribution < 1.29 is 9.32 Å². The Morgan fingerprint density at radius 2 is 2.26 bits per heavy atom. The maximum atomic E-state index is 12.1. The molecule has 3 rings (SSSR count). The van der Waals surface area contributed by atoms with Crippen molar-refractivity contribution in [1.82, 2.24) is 15.5 Å². The van der Waals surface area contributed by atoms with Gasteiger partial charge >= 0.3 is 0 Å². The van der Waals surface area contributed by atoms with Crippen LogP contribution >= 0.6 is 11.6 Å². The standard InChI is InChI=1S/C17H20ClN3O2/c1-3-10(2)14(19-16(22)11-7-8-11)17-20-15(21-23-17)12-5-4-6-13(18)9-12/h4-6,9-11,14H,3,7-8H2,1-2H3,(H,19,22)/t10-,14-/m1/s1. The Kier molecular flexibility index (Phi) is 4.66. The van der Waals surface area contributed by atoms with Gasteiger partial charge in [0.15, 0.2) is 0 Å².